The Bertz CT molecular complexity index is 400. The molecular formula is C14H18O2. The summed E-state index contributed by atoms with van der Waals surface area (Å²) in [6, 6.07) is 0. The number of aliphatic carboxylic acids is 1. The Morgan fingerprint density at radius 3 is 2.88 bits per heavy atom. The number of fused-ring (bicyclic) bond motifs is 9. The molecule has 0 aliphatic heterocycles. The second-order valence-electron chi connectivity index (χ2n) is 6.56. The van der Waals surface area contributed by atoms with Crippen LogP contribution < -0.4 is 0 Å². The molecule has 2 heteroatoms. The fraction of sp³-hybridized carbons (Fsp3) is 0.786. The summed E-state index contributed by atoms with van der Waals surface area (Å²) in [5, 5.41) is 9.29. The van der Waals surface area contributed by atoms with Crippen LogP contribution in [0.1, 0.15) is 26.2 Å². The molecule has 0 aromatic heterocycles. The van der Waals surface area contributed by atoms with E-state index in [4.69, 9.17) is 0 Å². The largest absolute Gasteiger partial charge is 0.481 e. The van der Waals surface area contributed by atoms with E-state index in [1.807, 2.05) is 0 Å². The summed E-state index contributed by atoms with van der Waals surface area (Å²) in [6.07, 6.45) is 8.23. The lowest BCUT2D eigenvalue weighted by Crippen LogP contribution is -2.41. The number of allylic oxidation sites excluding steroid dienone is 2. The highest BCUT2D eigenvalue weighted by Crippen LogP contribution is 2.73. The molecule has 0 amide bonds. The molecule has 1 N–H and O–H groups in total. The summed E-state index contributed by atoms with van der Waals surface area (Å²) in [4.78, 5) is 11.3. The fourth-order valence-electron chi connectivity index (χ4n) is 5.78. The molecule has 0 saturated heterocycles. The van der Waals surface area contributed by atoms with E-state index in [0.717, 1.165) is 12.3 Å². The van der Waals surface area contributed by atoms with E-state index in [-0.39, 0.29) is 5.92 Å². The van der Waals surface area contributed by atoms with Gasteiger partial charge < -0.3 is 5.11 Å². The lowest BCUT2D eigenvalue weighted by atomic mass is 9.60. The van der Waals surface area contributed by atoms with Gasteiger partial charge in [-0.1, -0.05) is 19.1 Å². The van der Waals surface area contributed by atoms with E-state index in [9.17, 15) is 9.90 Å². The number of carboxylic acids is 1. The van der Waals surface area contributed by atoms with Crippen molar-refractivity contribution >= 4 is 5.97 Å². The first-order chi connectivity index (χ1) is 7.62. The summed E-state index contributed by atoms with van der Waals surface area (Å²) in [5.74, 6) is 2.73. The van der Waals surface area contributed by atoms with Gasteiger partial charge in [-0.15, -0.1) is 0 Å². The van der Waals surface area contributed by atoms with Crippen LogP contribution in [0.4, 0.5) is 0 Å². The van der Waals surface area contributed by atoms with E-state index in [1.165, 1.54) is 12.8 Å². The SMILES string of the molecule is CC12C3C=CC(C3)C1C1CC2CC1C(=O)O. The third-order valence-corrected chi connectivity index (χ3v) is 6.37. The third-order valence-electron chi connectivity index (χ3n) is 6.37. The van der Waals surface area contributed by atoms with E-state index in [2.05, 4.69) is 19.1 Å². The smallest absolute Gasteiger partial charge is 0.306 e. The molecule has 0 aromatic carbocycles. The van der Waals surface area contributed by atoms with Gasteiger partial charge in [0.25, 0.3) is 0 Å². The quantitative estimate of drug-likeness (QED) is 0.542. The van der Waals surface area contributed by atoms with Crippen molar-refractivity contribution in [1.29, 1.82) is 0 Å². The lowest BCUT2D eigenvalue weighted by molar-refractivity contribution is -0.145. The predicted molar refractivity (Wildman–Crippen MR) is 59.7 cm³/mol. The normalized spacial score (nSPS) is 60.6. The maximum absolute atomic E-state index is 11.3. The van der Waals surface area contributed by atoms with Crippen LogP contribution in [0.15, 0.2) is 12.2 Å². The van der Waals surface area contributed by atoms with Crippen LogP contribution in [0.2, 0.25) is 0 Å². The molecule has 0 spiro atoms. The van der Waals surface area contributed by atoms with E-state index >= 15 is 0 Å². The van der Waals surface area contributed by atoms with Crippen LogP contribution in [-0.2, 0) is 4.79 Å². The van der Waals surface area contributed by atoms with Crippen molar-refractivity contribution in [3.63, 3.8) is 0 Å². The van der Waals surface area contributed by atoms with Gasteiger partial charge in [0.05, 0.1) is 5.92 Å². The van der Waals surface area contributed by atoms with Gasteiger partial charge in [0.15, 0.2) is 0 Å². The van der Waals surface area contributed by atoms with Crippen molar-refractivity contribution in [3.05, 3.63) is 12.2 Å². The molecule has 3 fully saturated rings. The topological polar surface area (TPSA) is 37.3 Å². The zero-order valence-corrected chi connectivity index (χ0v) is 9.60. The lowest BCUT2D eigenvalue weighted by Gasteiger charge is -2.44. The van der Waals surface area contributed by atoms with E-state index in [1.54, 1.807) is 0 Å². The molecule has 3 saturated carbocycles. The minimum absolute atomic E-state index is 0.0316. The highest BCUT2D eigenvalue weighted by atomic mass is 16.4. The number of carboxylic acid groups (broad SMARTS) is 1. The summed E-state index contributed by atoms with van der Waals surface area (Å²) < 4.78 is 0. The Morgan fingerprint density at radius 2 is 2.12 bits per heavy atom. The number of hydrogen-bond acceptors (Lipinski definition) is 1. The summed E-state index contributed by atoms with van der Waals surface area (Å²) >= 11 is 0. The maximum atomic E-state index is 11.3. The second kappa shape index (κ2) is 2.55. The molecule has 0 aromatic rings. The first kappa shape index (κ1) is 9.26. The van der Waals surface area contributed by atoms with Crippen LogP contribution in [0.25, 0.3) is 0 Å². The van der Waals surface area contributed by atoms with Gasteiger partial charge in [0.2, 0.25) is 0 Å². The molecular weight excluding hydrogens is 200 g/mol. The predicted octanol–water partition coefficient (Wildman–Crippen LogP) is 2.56. The highest BCUT2D eigenvalue weighted by Gasteiger charge is 2.68. The molecule has 16 heavy (non-hydrogen) atoms. The fourth-order valence-corrected chi connectivity index (χ4v) is 5.78. The van der Waals surface area contributed by atoms with Gasteiger partial charge in [0, 0.05) is 0 Å². The highest BCUT2D eigenvalue weighted by molar-refractivity contribution is 5.71. The molecule has 4 rings (SSSR count). The van der Waals surface area contributed by atoms with Gasteiger partial charge in [-0.05, 0) is 54.3 Å². The van der Waals surface area contributed by atoms with Crippen molar-refractivity contribution in [1.82, 2.24) is 0 Å². The van der Waals surface area contributed by atoms with Gasteiger partial charge in [-0.25, -0.2) is 0 Å². The average Bonchev–Trinajstić information content (AvgIpc) is 2.92. The zero-order chi connectivity index (χ0) is 11.1. The zero-order valence-electron chi connectivity index (χ0n) is 9.60. The van der Waals surface area contributed by atoms with Crippen LogP contribution in [0.5, 0.6) is 0 Å². The van der Waals surface area contributed by atoms with Crippen LogP contribution >= 0.6 is 0 Å². The van der Waals surface area contributed by atoms with Crippen LogP contribution in [0.3, 0.4) is 0 Å². The molecule has 4 aliphatic rings. The standard InChI is InChI=1S/C14H18O2/c1-14-8-3-2-7(4-8)12(14)10-5-9(14)6-11(10)13(15)16/h2-3,7-12H,4-6H2,1H3,(H,15,16). The van der Waals surface area contributed by atoms with Crippen molar-refractivity contribution in [2.24, 2.45) is 40.9 Å². The van der Waals surface area contributed by atoms with Crippen molar-refractivity contribution in [2.75, 3.05) is 0 Å². The number of hydrogen-bond donors (Lipinski definition) is 1. The molecule has 0 radical (unpaired) electrons. The maximum Gasteiger partial charge on any atom is 0.306 e. The summed E-state index contributed by atoms with van der Waals surface area (Å²) in [7, 11) is 0. The van der Waals surface area contributed by atoms with Crippen LogP contribution in [-0.4, -0.2) is 11.1 Å². The minimum Gasteiger partial charge on any atom is -0.481 e. The van der Waals surface area contributed by atoms with Gasteiger partial charge in [-0.3, -0.25) is 4.79 Å². The summed E-state index contributed by atoms with van der Waals surface area (Å²) in [5.41, 5.74) is 0.454. The Kier molecular flexibility index (Phi) is 1.47. The molecule has 4 bridgehead atoms. The first-order valence-corrected chi connectivity index (χ1v) is 6.53. The average molecular weight is 218 g/mol. The van der Waals surface area contributed by atoms with Crippen molar-refractivity contribution in [3.8, 4) is 0 Å². The van der Waals surface area contributed by atoms with Crippen molar-refractivity contribution in [2.45, 2.75) is 26.2 Å². The number of rotatable bonds is 1. The molecule has 86 valence electrons. The van der Waals surface area contributed by atoms with Gasteiger partial charge >= 0.3 is 5.97 Å². The first-order valence-electron chi connectivity index (χ1n) is 6.53. The number of carbonyl (C=O) groups is 1. The molecule has 0 heterocycles. The minimum atomic E-state index is -0.540. The monoisotopic (exact) mass is 218 g/mol. The second-order valence-corrected chi connectivity index (χ2v) is 6.56. The summed E-state index contributed by atoms with van der Waals surface area (Å²) in [6.45, 7) is 2.44. The third kappa shape index (κ3) is 0.781. The molecule has 7 atom stereocenters. The van der Waals surface area contributed by atoms with E-state index < -0.39 is 5.97 Å². The van der Waals surface area contributed by atoms with Gasteiger partial charge in [0.1, 0.15) is 0 Å². The Balaban J connectivity index is 1.77. The van der Waals surface area contributed by atoms with E-state index in [0.29, 0.717) is 29.1 Å². The Labute approximate surface area is 95.7 Å². The Hall–Kier alpha value is -0.790. The molecule has 2 nitrogen and oxygen atoms in total. The van der Waals surface area contributed by atoms with Crippen molar-refractivity contribution < 1.29 is 9.90 Å². The van der Waals surface area contributed by atoms with Crippen LogP contribution in [0, 0.1) is 40.9 Å². The molecule has 4 aliphatic carbocycles. The van der Waals surface area contributed by atoms with Gasteiger partial charge in [-0.2, -0.15) is 0 Å². The molecule has 7 unspecified atom stereocenters. The Morgan fingerprint density at radius 1 is 1.31 bits per heavy atom.